The second-order valence-electron chi connectivity index (χ2n) is 4.04. The zero-order valence-electron chi connectivity index (χ0n) is 10.6. The van der Waals surface area contributed by atoms with E-state index in [0.717, 1.165) is 0 Å². The summed E-state index contributed by atoms with van der Waals surface area (Å²) in [5.74, 6) is -1.11. The quantitative estimate of drug-likeness (QED) is 0.873. The van der Waals surface area contributed by atoms with E-state index in [1.807, 2.05) is 0 Å². The maximum atomic E-state index is 13.4. The van der Waals surface area contributed by atoms with E-state index in [1.165, 1.54) is 18.2 Å². The number of anilines is 1. The van der Waals surface area contributed by atoms with Gasteiger partial charge in [-0.05, 0) is 12.1 Å². The van der Waals surface area contributed by atoms with Gasteiger partial charge in [0, 0.05) is 25.4 Å². The topological polar surface area (TPSA) is 39.1 Å². The van der Waals surface area contributed by atoms with E-state index in [-0.39, 0.29) is 12.1 Å². The van der Waals surface area contributed by atoms with Gasteiger partial charge in [-0.25, -0.2) is 8.78 Å². The van der Waals surface area contributed by atoms with Crippen LogP contribution in [0.25, 0.3) is 0 Å². The normalized spacial score (nSPS) is 10.7. The summed E-state index contributed by atoms with van der Waals surface area (Å²) in [6, 6.07) is 3.82. The Morgan fingerprint density at radius 2 is 2.05 bits per heavy atom. The third-order valence-electron chi connectivity index (χ3n) is 2.69. The second-order valence-corrected chi connectivity index (χ2v) is 4.04. The molecule has 0 saturated heterocycles. The molecule has 1 aromatic carbocycles. The number of methoxy groups -OCH3 is 1. The Morgan fingerprint density at radius 1 is 1.32 bits per heavy atom. The lowest BCUT2D eigenvalue weighted by Gasteiger charge is -2.06. The van der Waals surface area contributed by atoms with Crippen LogP contribution in [0.3, 0.4) is 0 Å². The Morgan fingerprint density at radius 3 is 2.74 bits per heavy atom. The molecule has 0 aliphatic carbocycles. The van der Waals surface area contributed by atoms with Crippen LogP contribution in [-0.4, -0.2) is 23.5 Å². The Hall–Kier alpha value is -1.95. The SMILES string of the molecule is COCCn1cc(NCc2c(F)cccc2F)cn1. The number of nitrogens with one attached hydrogen (secondary N) is 1. The van der Waals surface area contributed by atoms with E-state index >= 15 is 0 Å². The number of hydrogen-bond donors (Lipinski definition) is 1. The Balaban J connectivity index is 1.97. The van der Waals surface area contributed by atoms with Crippen LogP contribution in [0, 0.1) is 11.6 Å². The summed E-state index contributed by atoms with van der Waals surface area (Å²) < 4.78 is 33.4. The molecular weight excluding hydrogens is 252 g/mol. The fourth-order valence-corrected chi connectivity index (χ4v) is 1.65. The first-order valence-electron chi connectivity index (χ1n) is 5.89. The molecule has 0 saturated carbocycles. The minimum atomic E-state index is -0.556. The first-order valence-corrected chi connectivity index (χ1v) is 5.89. The van der Waals surface area contributed by atoms with E-state index < -0.39 is 11.6 Å². The minimum Gasteiger partial charge on any atom is -0.383 e. The lowest BCUT2D eigenvalue weighted by molar-refractivity contribution is 0.183. The minimum absolute atomic E-state index is 0.0205. The molecule has 0 unspecified atom stereocenters. The van der Waals surface area contributed by atoms with E-state index in [2.05, 4.69) is 10.4 Å². The van der Waals surface area contributed by atoms with Crippen LogP contribution in [0.5, 0.6) is 0 Å². The van der Waals surface area contributed by atoms with Gasteiger partial charge in [-0.1, -0.05) is 6.07 Å². The maximum absolute atomic E-state index is 13.4. The molecule has 0 aliphatic rings. The van der Waals surface area contributed by atoms with Gasteiger partial charge in [-0.2, -0.15) is 5.10 Å². The molecule has 6 heteroatoms. The first-order chi connectivity index (χ1) is 9.20. The van der Waals surface area contributed by atoms with Crippen LogP contribution < -0.4 is 5.32 Å². The molecule has 1 heterocycles. The highest BCUT2D eigenvalue weighted by atomic mass is 19.1. The molecule has 0 aliphatic heterocycles. The number of rotatable bonds is 6. The predicted molar refractivity (Wildman–Crippen MR) is 67.8 cm³/mol. The number of ether oxygens (including phenoxy) is 1. The summed E-state index contributed by atoms with van der Waals surface area (Å²) in [5, 5.41) is 7.03. The van der Waals surface area contributed by atoms with Gasteiger partial charge < -0.3 is 10.1 Å². The highest BCUT2D eigenvalue weighted by Crippen LogP contribution is 2.14. The molecule has 0 bridgehead atoms. The van der Waals surface area contributed by atoms with Crippen molar-refractivity contribution in [2.24, 2.45) is 0 Å². The Bertz CT molecular complexity index is 522. The zero-order valence-corrected chi connectivity index (χ0v) is 10.6. The van der Waals surface area contributed by atoms with Crippen molar-refractivity contribution in [3.63, 3.8) is 0 Å². The molecular formula is C13H15F2N3O. The van der Waals surface area contributed by atoms with Crippen LogP contribution in [0.2, 0.25) is 0 Å². The van der Waals surface area contributed by atoms with Crippen molar-refractivity contribution in [1.29, 1.82) is 0 Å². The standard InChI is InChI=1S/C13H15F2N3O/c1-19-6-5-18-9-10(7-17-18)16-8-11-12(14)3-2-4-13(11)15/h2-4,7,9,16H,5-6,8H2,1H3. The highest BCUT2D eigenvalue weighted by molar-refractivity contribution is 5.39. The van der Waals surface area contributed by atoms with Crippen molar-refractivity contribution >= 4 is 5.69 Å². The summed E-state index contributed by atoms with van der Waals surface area (Å²) in [6.07, 6.45) is 3.37. The molecule has 1 N–H and O–H groups in total. The fourth-order valence-electron chi connectivity index (χ4n) is 1.65. The van der Waals surface area contributed by atoms with Crippen molar-refractivity contribution in [3.8, 4) is 0 Å². The van der Waals surface area contributed by atoms with Gasteiger partial charge in [0.1, 0.15) is 11.6 Å². The average Bonchev–Trinajstić information content (AvgIpc) is 2.84. The molecule has 0 amide bonds. The van der Waals surface area contributed by atoms with E-state index in [4.69, 9.17) is 4.74 Å². The second kappa shape index (κ2) is 6.29. The molecule has 0 fully saturated rings. The van der Waals surface area contributed by atoms with Crippen molar-refractivity contribution in [2.75, 3.05) is 19.0 Å². The summed E-state index contributed by atoms with van der Waals surface area (Å²) >= 11 is 0. The van der Waals surface area contributed by atoms with Crippen LogP contribution in [0.1, 0.15) is 5.56 Å². The summed E-state index contributed by atoms with van der Waals surface area (Å²) in [7, 11) is 1.61. The maximum Gasteiger partial charge on any atom is 0.131 e. The van der Waals surface area contributed by atoms with Crippen molar-refractivity contribution in [2.45, 2.75) is 13.1 Å². The van der Waals surface area contributed by atoms with Crippen LogP contribution >= 0.6 is 0 Å². The predicted octanol–water partition coefficient (Wildman–Crippen LogP) is 2.42. The van der Waals surface area contributed by atoms with Gasteiger partial charge in [0.25, 0.3) is 0 Å². The molecule has 2 rings (SSSR count). The van der Waals surface area contributed by atoms with Gasteiger partial charge in [0.05, 0.1) is 25.0 Å². The van der Waals surface area contributed by atoms with Gasteiger partial charge in [-0.15, -0.1) is 0 Å². The molecule has 2 aromatic rings. The van der Waals surface area contributed by atoms with Crippen LogP contribution in [-0.2, 0) is 17.8 Å². The molecule has 0 atom stereocenters. The molecule has 102 valence electrons. The Labute approximate surface area is 110 Å². The largest absolute Gasteiger partial charge is 0.383 e. The first kappa shape index (κ1) is 13.5. The lowest BCUT2D eigenvalue weighted by Crippen LogP contribution is -2.05. The average molecular weight is 267 g/mol. The highest BCUT2D eigenvalue weighted by Gasteiger charge is 2.08. The summed E-state index contributed by atoms with van der Waals surface area (Å²) in [6.45, 7) is 1.27. The molecule has 1 aromatic heterocycles. The summed E-state index contributed by atoms with van der Waals surface area (Å²) in [4.78, 5) is 0. The molecule has 0 radical (unpaired) electrons. The third kappa shape index (κ3) is 3.51. The fraction of sp³-hybridized carbons (Fsp3) is 0.308. The monoisotopic (exact) mass is 267 g/mol. The number of hydrogen-bond acceptors (Lipinski definition) is 3. The van der Waals surface area contributed by atoms with Crippen molar-refractivity contribution in [3.05, 3.63) is 47.8 Å². The third-order valence-corrected chi connectivity index (χ3v) is 2.69. The van der Waals surface area contributed by atoms with Gasteiger partial charge in [0.2, 0.25) is 0 Å². The van der Waals surface area contributed by atoms with Crippen molar-refractivity contribution < 1.29 is 13.5 Å². The molecule has 0 spiro atoms. The van der Waals surface area contributed by atoms with E-state index in [0.29, 0.717) is 18.8 Å². The zero-order chi connectivity index (χ0) is 13.7. The molecule has 19 heavy (non-hydrogen) atoms. The van der Waals surface area contributed by atoms with Crippen LogP contribution in [0.4, 0.5) is 14.5 Å². The number of nitrogens with zero attached hydrogens (tertiary/aromatic N) is 2. The molecule has 4 nitrogen and oxygen atoms in total. The number of aromatic nitrogens is 2. The van der Waals surface area contributed by atoms with Gasteiger partial charge >= 0.3 is 0 Å². The smallest absolute Gasteiger partial charge is 0.131 e. The van der Waals surface area contributed by atoms with Crippen molar-refractivity contribution in [1.82, 2.24) is 9.78 Å². The van der Waals surface area contributed by atoms with Gasteiger partial charge in [0.15, 0.2) is 0 Å². The lowest BCUT2D eigenvalue weighted by atomic mass is 10.2. The van der Waals surface area contributed by atoms with E-state index in [9.17, 15) is 8.78 Å². The number of halogens is 2. The Kier molecular flexibility index (Phi) is 4.46. The van der Waals surface area contributed by atoms with Crippen LogP contribution in [0.15, 0.2) is 30.6 Å². The van der Waals surface area contributed by atoms with E-state index in [1.54, 1.807) is 24.2 Å². The van der Waals surface area contributed by atoms with Gasteiger partial charge in [-0.3, -0.25) is 4.68 Å². The number of benzene rings is 1. The summed E-state index contributed by atoms with van der Waals surface area (Å²) in [5.41, 5.74) is 0.728.